The second-order valence-corrected chi connectivity index (χ2v) is 8.36. The van der Waals surface area contributed by atoms with Gasteiger partial charge in [-0.15, -0.1) is 0 Å². The number of amides is 2. The van der Waals surface area contributed by atoms with Gasteiger partial charge in [-0.05, 0) is 43.5 Å². The van der Waals surface area contributed by atoms with Crippen molar-refractivity contribution in [3.8, 4) is 11.5 Å². The van der Waals surface area contributed by atoms with Crippen LogP contribution in [-0.2, 0) is 14.3 Å². The van der Waals surface area contributed by atoms with Crippen LogP contribution in [0.25, 0.3) is 0 Å². The number of carbonyl (C=O) groups is 2. The molecule has 0 saturated carbocycles. The van der Waals surface area contributed by atoms with Crippen molar-refractivity contribution < 1.29 is 24.2 Å². The molecule has 0 atom stereocenters. The van der Waals surface area contributed by atoms with E-state index in [0.29, 0.717) is 44.9 Å². The van der Waals surface area contributed by atoms with Crippen molar-refractivity contribution in [3.63, 3.8) is 0 Å². The smallest absolute Gasteiger partial charge is 0.309 e. The molecule has 0 saturated heterocycles. The van der Waals surface area contributed by atoms with Crippen LogP contribution >= 0.6 is 0 Å². The van der Waals surface area contributed by atoms with Crippen molar-refractivity contribution in [2.24, 2.45) is 0 Å². The minimum absolute atomic E-state index is 0.182. The van der Waals surface area contributed by atoms with Crippen LogP contribution in [0.2, 0.25) is 0 Å². The van der Waals surface area contributed by atoms with Crippen LogP contribution in [0.3, 0.4) is 0 Å². The summed E-state index contributed by atoms with van der Waals surface area (Å²) in [5, 5.41) is 14.4. The number of unbranched alkanes of at least 4 members (excludes halogenated alkanes) is 9. The van der Waals surface area contributed by atoms with Crippen molar-refractivity contribution in [2.45, 2.75) is 84.0 Å². The van der Waals surface area contributed by atoms with E-state index in [9.17, 15) is 14.7 Å². The number of carbonyl (C=O) groups excluding carboxylic acids is 2. The van der Waals surface area contributed by atoms with Gasteiger partial charge in [0.2, 0.25) is 0 Å². The summed E-state index contributed by atoms with van der Waals surface area (Å²) in [5.41, 5.74) is 0. The van der Waals surface area contributed by atoms with Gasteiger partial charge in [0.1, 0.15) is 11.5 Å². The van der Waals surface area contributed by atoms with Crippen molar-refractivity contribution in [2.75, 3.05) is 32.9 Å². The number of benzene rings is 1. The first-order valence-corrected chi connectivity index (χ1v) is 12.7. The minimum Gasteiger partial charge on any atom is -0.508 e. The fraction of sp³-hybridized carbons (Fsp3) is 0.692. The predicted octanol–water partition coefficient (Wildman–Crippen LogP) is 4.72. The number of phenolic OH excluding ortho intramolecular Hbond substituents is 1. The Hall–Kier alpha value is -2.28. The molecule has 0 aliphatic heterocycles. The summed E-state index contributed by atoms with van der Waals surface area (Å²) in [5.74, 6) is -0.427. The van der Waals surface area contributed by atoms with Gasteiger partial charge in [0.15, 0.2) is 0 Å². The molecule has 3 N–H and O–H groups in total. The third-order valence-corrected chi connectivity index (χ3v) is 5.31. The van der Waals surface area contributed by atoms with E-state index in [0.717, 1.165) is 13.0 Å². The molecule has 0 fully saturated rings. The molecule has 0 spiro atoms. The van der Waals surface area contributed by atoms with Crippen LogP contribution in [0.15, 0.2) is 24.3 Å². The summed E-state index contributed by atoms with van der Waals surface area (Å²) in [6.07, 6.45) is 14.3. The summed E-state index contributed by atoms with van der Waals surface area (Å²) in [6, 6.07) is 6.43. The van der Waals surface area contributed by atoms with E-state index in [1.165, 1.54) is 57.8 Å². The summed E-state index contributed by atoms with van der Waals surface area (Å²) < 4.78 is 11.1. The van der Waals surface area contributed by atoms with Gasteiger partial charge in [0.25, 0.3) is 0 Å². The third-order valence-electron chi connectivity index (χ3n) is 5.31. The highest BCUT2D eigenvalue weighted by molar-refractivity contribution is 6.35. The maximum absolute atomic E-state index is 11.8. The van der Waals surface area contributed by atoms with Crippen molar-refractivity contribution in [3.05, 3.63) is 24.3 Å². The second-order valence-electron chi connectivity index (χ2n) is 8.36. The normalized spacial score (nSPS) is 10.7. The molecule has 0 aliphatic carbocycles. The van der Waals surface area contributed by atoms with Crippen LogP contribution in [0, 0.1) is 0 Å². The van der Waals surface area contributed by atoms with Gasteiger partial charge in [0.05, 0.1) is 6.61 Å². The SMILES string of the molecule is CCCCCCCCCCCCOCCCNC(=O)C(=O)NCCCOc1ccc(O)cc1. The van der Waals surface area contributed by atoms with E-state index < -0.39 is 11.8 Å². The monoisotopic (exact) mass is 464 g/mol. The van der Waals surface area contributed by atoms with Crippen LogP contribution in [0.1, 0.15) is 84.0 Å². The maximum atomic E-state index is 11.8. The summed E-state index contributed by atoms with van der Waals surface area (Å²) in [6.45, 7) is 4.79. The Kier molecular flexibility index (Phi) is 17.7. The minimum atomic E-state index is -0.633. The molecule has 0 radical (unpaired) electrons. The molecule has 1 aromatic rings. The van der Waals surface area contributed by atoms with E-state index in [1.54, 1.807) is 24.3 Å². The first-order chi connectivity index (χ1) is 16.1. The number of nitrogens with one attached hydrogen (secondary N) is 2. The largest absolute Gasteiger partial charge is 0.508 e. The molecule has 1 rings (SSSR count). The van der Waals surface area contributed by atoms with Crippen molar-refractivity contribution in [1.29, 1.82) is 0 Å². The van der Waals surface area contributed by atoms with Crippen LogP contribution in [0.4, 0.5) is 0 Å². The van der Waals surface area contributed by atoms with Gasteiger partial charge >= 0.3 is 11.8 Å². The zero-order valence-electron chi connectivity index (χ0n) is 20.4. The summed E-state index contributed by atoms with van der Waals surface area (Å²) in [4.78, 5) is 23.5. The summed E-state index contributed by atoms with van der Waals surface area (Å²) in [7, 11) is 0. The zero-order valence-corrected chi connectivity index (χ0v) is 20.4. The van der Waals surface area contributed by atoms with E-state index in [4.69, 9.17) is 9.47 Å². The summed E-state index contributed by atoms with van der Waals surface area (Å²) >= 11 is 0. The molecule has 33 heavy (non-hydrogen) atoms. The molecule has 0 heterocycles. The topological polar surface area (TPSA) is 96.9 Å². The average Bonchev–Trinajstić information content (AvgIpc) is 2.82. The lowest BCUT2D eigenvalue weighted by Crippen LogP contribution is -2.41. The highest BCUT2D eigenvalue weighted by atomic mass is 16.5. The van der Waals surface area contributed by atoms with Crippen molar-refractivity contribution >= 4 is 11.8 Å². The fourth-order valence-corrected chi connectivity index (χ4v) is 3.34. The molecule has 188 valence electrons. The number of aromatic hydroxyl groups is 1. The lowest BCUT2D eigenvalue weighted by molar-refractivity contribution is -0.139. The number of ether oxygens (including phenoxy) is 2. The second kappa shape index (κ2) is 20.3. The van der Waals surface area contributed by atoms with Gasteiger partial charge in [-0.3, -0.25) is 9.59 Å². The molecule has 0 aromatic heterocycles. The number of rotatable bonds is 20. The first-order valence-electron chi connectivity index (χ1n) is 12.7. The molecule has 0 aliphatic rings. The van der Waals surface area contributed by atoms with E-state index in [-0.39, 0.29) is 5.75 Å². The van der Waals surface area contributed by atoms with Gasteiger partial charge in [-0.25, -0.2) is 0 Å². The Morgan fingerprint density at radius 2 is 1.18 bits per heavy atom. The Labute approximate surface area is 199 Å². The first kappa shape index (κ1) is 28.8. The van der Waals surface area contributed by atoms with Crippen LogP contribution in [-0.4, -0.2) is 49.8 Å². The number of hydrogen-bond donors (Lipinski definition) is 3. The quantitative estimate of drug-likeness (QED) is 0.192. The standard InChI is InChI=1S/C26H44N2O5/c1-2-3-4-5-6-7-8-9-10-11-20-32-21-12-18-27-25(30)26(31)28-19-13-22-33-24-16-14-23(29)15-17-24/h14-17,29H,2-13,18-22H2,1H3,(H,27,30)(H,28,31). The molecule has 0 unspecified atom stereocenters. The van der Waals surface area contributed by atoms with Crippen LogP contribution < -0.4 is 15.4 Å². The van der Waals surface area contributed by atoms with Gasteiger partial charge in [-0.1, -0.05) is 64.7 Å². The molecular formula is C26H44N2O5. The predicted molar refractivity (Wildman–Crippen MR) is 132 cm³/mol. The Bertz CT molecular complexity index is 622. The number of phenols is 1. The van der Waals surface area contributed by atoms with E-state index >= 15 is 0 Å². The molecular weight excluding hydrogens is 420 g/mol. The molecule has 0 bridgehead atoms. The molecule has 1 aromatic carbocycles. The maximum Gasteiger partial charge on any atom is 0.309 e. The van der Waals surface area contributed by atoms with E-state index in [1.807, 2.05) is 0 Å². The molecule has 2 amide bonds. The third kappa shape index (κ3) is 16.9. The van der Waals surface area contributed by atoms with Crippen molar-refractivity contribution in [1.82, 2.24) is 10.6 Å². The lowest BCUT2D eigenvalue weighted by atomic mass is 10.1. The fourth-order valence-electron chi connectivity index (χ4n) is 3.34. The van der Waals surface area contributed by atoms with Gasteiger partial charge in [-0.2, -0.15) is 0 Å². The highest BCUT2D eigenvalue weighted by Gasteiger charge is 2.11. The zero-order chi connectivity index (χ0) is 24.0. The Balaban J connectivity index is 1.84. The average molecular weight is 465 g/mol. The highest BCUT2D eigenvalue weighted by Crippen LogP contribution is 2.15. The van der Waals surface area contributed by atoms with E-state index in [2.05, 4.69) is 17.6 Å². The van der Waals surface area contributed by atoms with Gasteiger partial charge < -0.3 is 25.2 Å². The Morgan fingerprint density at radius 1 is 0.697 bits per heavy atom. The molecule has 7 heteroatoms. The lowest BCUT2D eigenvalue weighted by Gasteiger charge is -2.08. The Morgan fingerprint density at radius 3 is 1.76 bits per heavy atom. The molecule has 7 nitrogen and oxygen atoms in total. The van der Waals surface area contributed by atoms with Gasteiger partial charge in [0, 0.05) is 26.3 Å². The number of hydrogen-bond acceptors (Lipinski definition) is 5. The van der Waals surface area contributed by atoms with Crippen LogP contribution in [0.5, 0.6) is 11.5 Å².